The molecule has 19 heavy (non-hydrogen) atoms. The molecule has 1 atom stereocenters. The summed E-state index contributed by atoms with van der Waals surface area (Å²) in [5.41, 5.74) is 1.69. The van der Waals surface area contributed by atoms with Crippen molar-refractivity contribution in [2.75, 3.05) is 13.7 Å². The average molecular weight is 328 g/mol. The number of carbonyl (C=O) groups excluding carboxylic acids is 1. The number of halogens is 1. The van der Waals surface area contributed by atoms with Gasteiger partial charge < -0.3 is 9.57 Å². The molecule has 0 amide bonds. The first-order chi connectivity index (χ1) is 9.13. The molecule has 0 unspecified atom stereocenters. The molecule has 4 nitrogen and oxygen atoms in total. The van der Waals surface area contributed by atoms with Crippen LogP contribution in [0, 0.1) is 6.92 Å². The number of carbonyl (C=O) groups is 1. The Morgan fingerprint density at radius 3 is 2.74 bits per heavy atom. The number of rotatable bonds is 7. The van der Waals surface area contributed by atoms with Crippen molar-refractivity contribution in [3.05, 3.63) is 35.4 Å². The number of alkyl halides is 1. The summed E-state index contributed by atoms with van der Waals surface area (Å²) in [4.78, 5) is 16.4. The van der Waals surface area contributed by atoms with Crippen molar-refractivity contribution in [3.63, 3.8) is 0 Å². The van der Waals surface area contributed by atoms with Crippen LogP contribution < -0.4 is 0 Å². The Bertz CT molecular complexity index is 417. The van der Waals surface area contributed by atoms with Crippen LogP contribution in [0.15, 0.2) is 29.4 Å². The second kappa shape index (κ2) is 8.69. The van der Waals surface area contributed by atoms with Crippen molar-refractivity contribution in [3.8, 4) is 0 Å². The Labute approximate surface area is 121 Å². The molecule has 0 fully saturated rings. The monoisotopic (exact) mass is 327 g/mol. The lowest BCUT2D eigenvalue weighted by atomic mass is 10.1. The number of benzene rings is 1. The fourth-order valence-electron chi connectivity index (χ4n) is 1.41. The van der Waals surface area contributed by atoms with Gasteiger partial charge in [0.05, 0.1) is 5.56 Å². The van der Waals surface area contributed by atoms with Gasteiger partial charge in [0, 0.05) is 11.0 Å². The summed E-state index contributed by atoms with van der Waals surface area (Å²) in [6.07, 6.45) is 3.29. The van der Waals surface area contributed by atoms with Gasteiger partial charge in [-0.15, -0.1) is 0 Å². The maximum absolute atomic E-state index is 11.7. The van der Waals surface area contributed by atoms with Crippen LogP contribution in [-0.4, -0.2) is 30.7 Å². The van der Waals surface area contributed by atoms with E-state index in [1.165, 1.54) is 7.11 Å². The van der Waals surface area contributed by atoms with Gasteiger partial charge in [-0.3, -0.25) is 0 Å². The van der Waals surface area contributed by atoms with Crippen LogP contribution in [0.25, 0.3) is 0 Å². The molecule has 0 aliphatic carbocycles. The van der Waals surface area contributed by atoms with Crippen molar-refractivity contribution >= 4 is 28.1 Å². The molecule has 0 saturated carbocycles. The third-order valence-electron chi connectivity index (χ3n) is 2.47. The zero-order chi connectivity index (χ0) is 14.1. The van der Waals surface area contributed by atoms with Gasteiger partial charge in [-0.1, -0.05) is 38.8 Å². The second-order valence-corrected chi connectivity index (χ2v) is 5.40. The smallest absolute Gasteiger partial charge is 0.338 e. The zero-order valence-corrected chi connectivity index (χ0v) is 12.7. The van der Waals surface area contributed by atoms with E-state index in [1.54, 1.807) is 18.3 Å². The van der Waals surface area contributed by atoms with Gasteiger partial charge in [0.15, 0.2) is 0 Å². The number of esters is 1. The zero-order valence-electron chi connectivity index (χ0n) is 11.1. The Morgan fingerprint density at radius 2 is 2.11 bits per heavy atom. The normalized spacial score (nSPS) is 12.4. The number of hydrogen-bond acceptors (Lipinski definition) is 4. The predicted octanol–water partition coefficient (Wildman–Crippen LogP) is 3.33. The van der Waals surface area contributed by atoms with E-state index in [4.69, 9.17) is 4.74 Å². The van der Waals surface area contributed by atoms with Gasteiger partial charge >= 0.3 is 5.97 Å². The lowest BCUT2D eigenvalue weighted by Gasteiger charge is -2.09. The molecule has 0 radical (unpaired) electrons. The topological polar surface area (TPSA) is 47.9 Å². The van der Waals surface area contributed by atoms with E-state index in [-0.39, 0.29) is 10.8 Å². The summed E-state index contributed by atoms with van der Waals surface area (Å²) in [6.45, 7) is 2.32. The van der Waals surface area contributed by atoms with Crippen LogP contribution in [0.3, 0.4) is 0 Å². The van der Waals surface area contributed by atoms with Crippen LogP contribution in [0.2, 0.25) is 0 Å². The highest BCUT2D eigenvalue weighted by Crippen LogP contribution is 2.10. The maximum Gasteiger partial charge on any atom is 0.338 e. The number of nitrogens with zero attached hydrogens (tertiary/aromatic N) is 1. The molecule has 0 saturated heterocycles. The Hall–Kier alpha value is -1.36. The number of aryl methyl sites for hydroxylation is 1. The molecule has 1 aromatic rings. The van der Waals surface area contributed by atoms with E-state index < -0.39 is 0 Å². The lowest BCUT2D eigenvalue weighted by Crippen LogP contribution is -2.14. The minimum absolute atomic E-state index is 0.116. The molecule has 104 valence electrons. The van der Waals surface area contributed by atoms with Crippen molar-refractivity contribution in [2.24, 2.45) is 5.16 Å². The van der Waals surface area contributed by atoms with Crippen LogP contribution in [0.4, 0.5) is 0 Å². The number of oxime groups is 1. The van der Waals surface area contributed by atoms with Gasteiger partial charge in [0.1, 0.15) is 13.7 Å². The average Bonchev–Trinajstić information content (AvgIpc) is 2.42. The highest BCUT2D eigenvalue weighted by Gasteiger charge is 2.10. The van der Waals surface area contributed by atoms with Gasteiger partial charge in [0.2, 0.25) is 0 Å². The molecule has 0 heterocycles. The molecule has 0 aliphatic rings. The second-order valence-electron chi connectivity index (χ2n) is 4.11. The third kappa shape index (κ3) is 6.38. The summed E-state index contributed by atoms with van der Waals surface area (Å²) in [5, 5.41) is 3.64. The summed E-state index contributed by atoms with van der Waals surface area (Å²) in [5.74, 6) is -0.296. The molecule has 0 spiro atoms. The largest absolute Gasteiger partial charge is 0.461 e. The number of ether oxygens (including phenoxy) is 1. The molecule has 0 bridgehead atoms. The summed E-state index contributed by atoms with van der Waals surface area (Å²) in [6, 6.07) is 7.32. The Kier molecular flexibility index (Phi) is 7.18. The number of hydrogen-bond donors (Lipinski definition) is 0. The lowest BCUT2D eigenvalue weighted by molar-refractivity contribution is 0.0506. The molecular formula is C14H18BrNO3. The molecule has 1 rings (SSSR count). The minimum Gasteiger partial charge on any atom is -0.461 e. The van der Waals surface area contributed by atoms with Crippen LogP contribution in [0.1, 0.15) is 28.8 Å². The Morgan fingerprint density at radius 1 is 1.42 bits per heavy atom. The van der Waals surface area contributed by atoms with Crippen LogP contribution in [-0.2, 0) is 9.57 Å². The summed E-state index contributed by atoms with van der Waals surface area (Å²) in [7, 11) is 1.51. The van der Waals surface area contributed by atoms with Gasteiger partial charge in [-0.25, -0.2) is 4.79 Å². The van der Waals surface area contributed by atoms with E-state index in [0.29, 0.717) is 12.2 Å². The molecule has 5 heteroatoms. The highest BCUT2D eigenvalue weighted by atomic mass is 79.9. The minimum atomic E-state index is -0.296. The first kappa shape index (κ1) is 15.7. The quantitative estimate of drug-likeness (QED) is 0.334. The molecular weight excluding hydrogens is 310 g/mol. The fourth-order valence-corrected chi connectivity index (χ4v) is 1.80. The first-order valence-corrected chi connectivity index (χ1v) is 6.98. The van der Waals surface area contributed by atoms with E-state index in [9.17, 15) is 4.79 Å². The van der Waals surface area contributed by atoms with E-state index in [1.807, 2.05) is 19.1 Å². The van der Waals surface area contributed by atoms with Crippen molar-refractivity contribution in [1.82, 2.24) is 0 Å². The molecule has 0 N–H and O–H groups in total. The van der Waals surface area contributed by atoms with Gasteiger partial charge in [-0.2, -0.15) is 0 Å². The maximum atomic E-state index is 11.7. The van der Waals surface area contributed by atoms with Gasteiger partial charge in [-0.05, 0) is 31.9 Å². The van der Waals surface area contributed by atoms with Crippen LogP contribution >= 0.6 is 15.9 Å². The highest BCUT2D eigenvalue weighted by molar-refractivity contribution is 9.09. The van der Waals surface area contributed by atoms with Crippen molar-refractivity contribution in [1.29, 1.82) is 0 Å². The standard InChI is InChI=1S/C14H18BrNO3/c1-11-5-7-12(8-6-11)14(17)19-10-13(15)4-3-9-16-18-2/h5-9,13H,3-4,10H2,1-2H3/b16-9-/t13-/m1/s1. The van der Waals surface area contributed by atoms with E-state index in [0.717, 1.165) is 18.4 Å². The van der Waals surface area contributed by atoms with Crippen LogP contribution in [0.5, 0.6) is 0 Å². The molecule has 0 aromatic heterocycles. The first-order valence-electron chi connectivity index (χ1n) is 6.06. The van der Waals surface area contributed by atoms with Crippen molar-refractivity contribution in [2.45, 2.75) is 24.6 Å². The molecule has 1 aromatic carbocycles. The predicted molar refractivity (Wildman–Crippen MR) is 78.9 cm³/mol. The summed E-state index contributed by atoms with van der Waals surface area (Å²) >= 11 is 3.46. The SMILES string of the molecule is CO/N=C\CC[C@@H](Br)COC(=O)c1ccc(C)cc1. The summed E-state index contributed by atoms with van der Waals surface area (Å²) < 4.78 is 5.23. The van der Waals surface area contributed by atoms with Crippen molar-refractivity contribution < 1.29 is 14.4 Å². The van der Waals surface area contributed by atoms with E-state index >= 15 is 0 Å². The van der Waals surface area contributed by atoms with E-state index in [2.05, 4.69) is 25.9 Å². The third-order valence-corrected chi connectivity index (χ3v) is 3.19. The molecule has 0 aliphatic heterocycles. The fraction of sp³-hybridized carbons (Fsp3) is 0.429. The Balaban J connectivity index is 2.29. The van der Waals surface area contributed by atoms with Gasteiger partial charge in [0.25, 0.3) is 0 Å².